The van der Waals surface area contributed by atoms with Crippen LogP contribution >= 0.6 is 0 Å². The zero-order chi connectivity index (χ0) is 14.9. The molecule has 0 aromatic heterocycles. The second-order valence-electron chi connectivity index (χ2n) is 6.07. The third-order valence-corrected chi connectivity index (χ3v) is 4.44. The van der Waals surface area contributed by atoms with Crippen molar-refractivity contribution >= 4 is 0 Å². The summed E-state index contributed by atoms with van der Waals surface area (Å²) in [5.41, 5.74) is 1.34. The van der Waals surface area contributed by atoms with Gasteiger partial charge in [0.25, 0.3) is 0 Å². The Kier molecular flexibility index (Phi) is 7.04. The number of aliphatic hydroxyl groups excluding tert-OH is 1. The number of aromatic hydroxyl groups is 1. The predicted molar refractivity (Wildman–Crippen MR) is 84.6 cm³/mol. The predicted octanol–water partition coefficient (Wildman–Crippen LogP) is 3.99. The molecule has 1 fully saturated rings. The highest BCUT2D eigenvalue weighted by Gasteiger charge is 2.22. The zero-order valence-electron chi connectivity index (χ0n) is 12.8. The van der Waals surface area contributed by atoms with Crippen molar-refractivity contribution in [2.45, 2.75) is 63.4 Å². The number of hydrogen-bond donors (Lipinski definition) is 2. The quantitative estimate of drug-likeness (QED) is 0.712. The standard InChI is InChI=1S/C18H28O3/c19-13-3-1-2-4-14-21-18-11-7-16(8-12-18)15-5-9-17(20)10-6-15/h5-6,9-10,16,18-20H,1-4,7-8,11-14H2. The summed E-state index contributed by atoms with van der Waals surface area (Å²) in [4.78, 5) is 0. The van der Waals surface area contributed by atoms with Crippen LogP contribution < -0.4 is 0 Å². The maximum absolute atomic E-state index is 9.34. The second-order valence-corrected chi connectivity index (χ2v) is 6.07. The van der Waals surface area contributed by atoms with Crippen LogP contribution in [0.4, 0.5) is 0 Å². The fourth-order valence-corrected chi connectivity index (χ4v) is 3.13. The minimum atomic E-state index is 0.308. The van der Waals surface area contributed by atoms with E-state index in [1.807, 2.05) is 12.1 Å². The highest BCUT2D eigenvalue weighted by molar-refractivity contribution is 5.28. The van der Waals surface area contributed by atoms with Gasteiger partial charge < -0.3 is 14.9 Å². The Hall–Kier alpha value is -1.06. The minimum Gasteiger partial charge on any atom is -0.508 e. The topological polar surface area (TPSA) is 49.7 Å². The molecule has 1 aromatic rings. The molecule has 0 spiro atoms. The largest absolute Gasteiger partial charge is 0.508 e. The summed E-state index contributed by atoms with van der Waals surface area (Å²) in [7, 11) is 0. The fraction of sp³-hybridized carbons (Fsp3) is 0.667. The molecule has 21 heavy (non-hydrogen) atoms. The maximum Gasteiger partial charge on any atom is 0.115 e. The Morgan fingerprint density at radius 1 is 0.905 bits per heavy atom. The molecular formula is C18H28O3. The Morgan fingerprint density at radius 3 is 2.24 bits per heavy atom. The smallest absolute Gasteiger partial charge is 0.115 e. The van der Waals surface area contributed by atoms with Gasteiger partial charge in [-0.25, -0.2) is 0 Å². The van der Waals surface area contributed by atoms with Crippen molar-refractivity contribution in [3.8, 4) is 5.75 Å². The van der Waals surface area contributed by atoms with E-state index in [1.54, 1.807) is 12.1 Å². The molecule has 3 nitrogen and oxygen atoms in total. The Bertz CT molecular complexity index is 380. The first-order valence-corrected chi connectivity index (χ1v) is 8.31. The van der Waals surface area contributed by atoms with Crippen molar-refractivity contribution < 1.29 is 14.9 Å². The zero-order valence-corrected chi connectivity index (χ0v) is 12.8. The SMILES string of the molecule is OCCCCCCOC1CCC(c2ccc(O)cc2)CC1. The molecule has 118 valence electrons. The van der Waals surface area contributed by atoms with Crippen molar-refractivity contribution in [1.29, 1.82) is 0 Å². The number of rotatable bonds is 8. The third-order valence-electron chi connectivity index (χ3n) is 4.44. The van der Waals surface area contributed by atoms with Gasteiger partial charge in [-0.05, 0) is 62.1 Å². The molecule has 1 aliphatic rings. The van der Waals surface area contributed by atoms with Crippen LogP contribution in [0.2, 0.25) is 0 Å². The van der Waals surface area contributed by atoms with Crippen molar-refractivity contribution in [3.05, 3.63) is 29.8 Å². The molecule has 2 N–H and O–H groups in total. The molecule has 1 saturated carbocycles. The fourth-order valence-electron chi connectivity index (χ4n) is 3.13. The Balaban J connectivity index is 1.61. The molecule has 0 atom stereocenters. The molecule has 0 radical (unpaired) electrons. The van der Waals surface area contributed by atoms with Gasteiger partial charge in [0.2, 0.25) is 0 Å². The second kappa shape index (κ2) is 9.06. The number of unbranched alkanes of at least 4 members (excludes halogenated alkanes) is 3. The lowest BCUT2D eigenvalue weighted by Gasteiger charge is -2.29. The molecule has 1 aromatic carbocycles. The first-order valence-electron chi connectivity index (χ1n) is 8.31. The summed E-state index contributed by atoms with van der Waals surface area (Å²) in [6.07, 6.45) is 9.35. The Morgan fingerprint density at radius 2 is 1.57 bits per heavy atom. The van der Waals surface area contributed by atoms with Crippen molar-refractivity contribution in [2.24, 2.45) is 0 Å². The average Bonchev–Trinajstić information content (AvgIpc) is 2.52. The summed E-state index contributed by atoms with van der Waals surface area (Å²) in [5, 5.41) is 18.1. The van der Waals surface area contributed by atoms with Gasteiger partial charge in [0.05, 0.1) is 6.10 Å². The summed E-state index contributed by atoms with van der Waals surface area (Å²) < 4.78 is 5.96. The molecule has 0 saturated heterocycles. The minimum absolute atomic E-state index is 0.308. The number of ether oxygens (including phenoxy) is 1. The van der Waals surface area contributed by atoms with E-state index in [0.29, 0.717) is 24.4 Å². The third kappa shape index (κ3) is 5.68. The molecule has 0 heterocycles. The number of hydrogen-bond acceptors (Lipinski definition) is 3. The lowest BCUT2D eigenvalue weighted by atomic mass is 9.83. The highest BCUT2D eigenvalue weighted by atomic mass is 16.5. The van der Waals surface area contributed by atoms with Crippen LogP contribution in [-0.2, 0) is 4.74 Å². The summed E-state index contributed by atoms with van der Waals surface area (Å²) >= 11 is 0. The van der Waals surface area contributed by atoms with Crippen LogP contribution in [0.1, 0.15) is 62.8 Å². The first-order chi connectivity index (χ1) is 10.3. The number of phenolic OH excluding ortho intramolecular Hbond substituents is 1. The van der Waals surface area contributed by atoms with Gasteiger partial charge in [-0.15, -0.1) is 0 Å². The van der Waals surface area contributed by atoms with E-state index in [-0.39, 0.29) is 0 Å². The monoisotopic (exact) mass is 292 g/mol. The van der Waals surface area contributed by atoms with E-state index < -0.39 is 0 Å². The van der Waals surface area contributed by atoms with Gasteiger partial charge in [0.1, 0.15) is 5.75 Å². The average molecular weight is 292 g/mol. The lowest BCUT2D eigenvalue weighted by Crippen LogP contribution is -2.21. The molecule has 0 amide bonds. The van der Waals surface area contributed by atoms with Gasteiger partial charge >= 0.3 is 0 Å². The van der Waals surface area contributed by atoms with E-state index in [2.05, 4.69) is 0 Å². The first kappa shape index (κ1) is 16.3. The number of benzene rings is 1. The lowest BCUT2D eigenvalue weighted by molar-refractivity contribution is 0.0225. The van der Waals surface area contributed by atoms with Crippen LogP contribution in [0.3, 0.4) is 0 Å². The number of phenols is 1. The summed E-state index contributed by atoms with van der Waals surface area (Å²) in [6, 6.07) is 7.65. The van der Waals surface area contributed by atoms with Gasteiger partial charge in [0, 0.05) is 13.2 Å². The normalized spacial score (nSPS) is 22.3. The van der Waals surface area contributed by atoms with E-state index in [0.717, 1.165) is 45.1 Å². The molecule has 0 unspecified atom stereocenters. The van der Waals surface area contributed by atoms with Crippen molar-refractivity contribution in [1.82, 2.24) is 0 Å². The highest BCUT2D eigenvalue weighted by Crippen LogP contribution is 2.34. The number of aliphatic hydroxyl groups is 1. The molecule has 0 bridgehead atoms. The van der Waals surface area contributed by atoms with E-state index >= 15 is 0 Å². The van der Waals surface area contributed by atoms with Gasteiger partial charge in [-0.1, -0.05) is 25.0 Å². The van der Waals surface area contributed by atoms with Crippen LogP contribution in [0.25, 0.3) is 0 Å². The van der Waals surface area contributed by atoms with Gasteiger partial charge in [0.15, 0.2) is 0 Å². The van der Waals surface area contributed by atoms with Crippen molar-refractivity contribution in [2.75, 3.05) is 13.2 Å². The van der Waals surface area contributed by atoms with Crippen LogP contribution in [-0.4, -0.2) is 29.5 Å². The van der Waals surface area contributed by atoms with Crippen molar-refractivity contribution in [3.63, 3.8) is 0 Å². The van der Waals surface area contributed by atoms with E-state index in [1.165, 1.54) is 18.4 Å². The molecule has 0 aliphatic heterocycles. The van der Waals surface area contributed by atoms with Crippen LogP contribution in [0.5, 0.6) is 5.75 Å². The van der Waals surface area contributed by atoms with Gasteiger partial charge in [-0.2, -0.15) is 0 Å². The molecule has 3 heteroatoms. The summed E-state index contributed by atoms with van der Waals surface area (Å²) in [5.74, 6) is 0.965. The van der Waals surface area contributed by atoms with E-state index in [9.17, 15) is 5.11 Å². The molecular weight excluding hydrogens is 264 g/mol. The Labute approximate surface area is 128 Å². The summed E-state index contributed by atoms with van der Waals surface area (Å²) in [6.45, 7) is 1.17. The van der Waals surface area contributed by atoms with E-state index in [4.69, 9.17) is 9.84 Å². The van der Waals surface area contributed by atoms with Crippen LogP contribution in [0, 0.1) is 0 Å². The molecule has 1 aliphatic carbocycles. The van der Waals surface area contributed by atoms with Crippen LogP contribution in [0.15, 0.2) is 24.3 Å². The van der Waals surface area contributed by atoms with Gasteiger partial charge in [-0.3, -0.25) is 0 Å². The maximum atomic E-state index is 9.34. The molecule has 2 rings (SSSR count).